The lowest BCUT2D eigenvalue weighted by Gasteiger charge is -2.35. The highest BCUT2D eigenvalue weighted by Gasteiger charge is 2.21. The third-order valence-electron chi connectivity index (χ3n) is 4.08. The fourth-order valence-electron chi connectivity index (χ4n) is 2.21. The number of nitrogens with zero attached hydrogens (tertiary/aromatic N) is 1. The van der Waals surface area contributed by atoms with Gasteiger partial charge in [-0.3, -0.25) is 0 Å². The molecule has 17 heavy (non-hydrogen) atoms. The van der Waals surface area contributed by atoms with Crippen LogP contribution in [0.2, 0.25) is 0 Å². The molecule has 0 amide bonds. The highest BCUT2D eigenvalue weighted by Crippen LogP contribution is 2.13. The van der Waals surface area contributed by atoms with E-state index in [9.17, 15) is 0 Å². The summed E-state index contributed by atoms with van der Waals surface area (Å²) in [6.07, 6.45) is 5.13. The summed E-state index contributed by atoms with van der Waals surface area (Å²) in [4.78, 5) is 0. The van der Waals surface area contributed by atoms with Crippen molar-refractivity contribution in [2.75, 3.05) is 20.6 Å². The summed E-state index contributed by atoms with van der Waals surface area (Å²) in [5.74, 6) is 0. The van der Waals surface area contributed by atoms with Gasteiger partial charge in [0.25, 0.3) is 0 Å². The molecule has 0 saturated heterocycles. The van der Waals surface area contributed by atoms with Crippen molar-refractivity contribution < 1.29 is 4.48 Å². The van der Waals surface area contributed by atoms with Crippen LogP contribution in [0.5, 0.6) is 0 Å². The predicted octanol–water partition coefficient (Wildman–Crippen LogP) is 3.88. The van der Waals surface area contributed by atoms with Gasteiger partial charge >= 0.3 is 0 Å². The smallest absolute Gasteiger partial charge is 0.0855 e. The second-order valence-electron chi connectivity index (χ2n) is 5.70. The van der Waals surface area contributed by atoms with Gasteiger partial charge in [0, 0.05) is 0 Å². The lowest BCUT2D eigenvalue weighted by atomic mass is 10.1. The zero-order valence-corrected chi connectivity index (χ0v) is 11.9. The molecule has 0 bridgehead atoms. The fourth-order valence-corrected chi connectivity index (χ4v) is 2.21. The molecule has 0 saturated carbocycles. The minimum atomic E-state index is 0.770. The Balaban J connectivity index is 2.24. The first-order valence-corrected chi connectivity index (χ1v) is 6.93. The van der Waals surface area contributed by atoms with Crippen LogP contribution in [-0.4, -0.2) is 31.2 Å². The molecule has 0 radical (unpaired) electrons. The molecular weight excluding hydrogens is 206 g/mol. The van der Waals surface area contributed by atoms with Crippen LogP contribution in [0.1, 0.15) is 38.7 Å². The first kappa shape index (κ1) is 14.2. The molecule has 0 aromatic heterocycles. The van der Waals surface area contributed by atoms with Gasteiger partial charge in [-0.25, -0.2) is 0 Å². The SMILES string of the molecule is CCC(C)[N+](C)(C)CCCCc1ccccc1. The zero-order valence-electron chi connectivity index (χ0n) is 11.9. The number of hydrogen-bond acceptors (Lipinski definition) is 0. The molecule has 96 valence electrons. The topological polar surface area (TPSA) is 0 Å². The molecule has 1 nitrogen and oxygen atoms in total. The van der Waals surface area contributed by atoms with E-state index in [0.717, 1.165) is 10.5 Å². The predicted molar refractivity (Wildman–Crippen MR) is 76.1 cm³/mol. The Morgan fingerprint density at radius 1 is 1.06 bits per heavy atom. The Morgan fingerprint density at radius 2 is 1.71 bits per heavy atom. The summed E-state index contributed by atoms with van der Waals surface area (Å²) in [7, 11) is 4.72. The van der Waals surface area contributed by atoms with Gasteiger partial charge in [0.2, 0.25) is 0 Å². The Morgan fingerprint density at radius 3 is 2.29 bits per heavy atom. The van der Waals surface area contributed by atoms with E-state index in [0.29, 0.717) is 0 Å². The second kappa shape index (κ2) is 6.80. The Labute approximate surface area is 107 Å². The van der Waals surface area contributed by atoms with E-state index in [1.807, 2.05) is 0 Å². The molecule has 0 N–H and O–H groups in total. The maximum Gasteiger partial charge on any atom is 0.0855 e. The van der Waals surface area contributed by atoms with E-state index < -0.39 is 0 Å². The van der Waals surface area contributed by atoms with Crippen molar-refractivity contribution in [1.29, 1.82) is 0 Å². The molecule has 0 fully saturated rings. The van der Waals surface area contributed by atoms with Gasteiger partial charge in [0.05, 0.1) is 26.7 Å². The summed E-state index contributed by atoms with van der Waals surface area (Å²) < 4.78 is 1.16. The number of benzene rings is 1. The van der Waals surface area contributed by atoms with Crippen LogP contribution in [0, 0.1) is 0 Å². The Bertz CT molecular complexity index is 303. The zero-order chi connectivity index (χ0) is 12.7. The average molecular weight is 234 g/mol. The van der Waals surface area contributed by atoms with Gasteiger partial charge in [-0.05, 0) is 38.2 Å². The summed E-state index contributed by atoms with van der Waals surface area (Å²) in [6, 6.07) is 11.6. The maximum absolute atomic E-state index is 2.36. The molecule has 1 atom stereocenters. The summed E-state index contributed by atoms with van der Waals surface area (Å²) in [6.45, 7) is 5.94. The summed E-state index contributed by atoms with van der Waals surface area (Å²) in [5.41, 5.74) is 1.47. The van der Waals surface area contributed by atoms with Crippen LogP contribution in [0.3, 0.4) is 0 Å². The molecule has 0 aliphatic heterocycles. The van der Waals surface area contributed by atoms with E-state index in [4.69, 9.17) is 0 Å². The molecule has 1 aromatic carbocycles. The van der Waals surface area contributed by atoms with Crippen LogP contribution in [0.4, 0.5) is 0 Å². The van der Waals surface area contributed by atoms with Crippen molar-refractivity contribution in [3.05, 3.63) is 35.9 Å². The van der Waals surface area contributed by atoms with Crippen molar-refractivity contribution in [2.45, 2.75) is 45.6 Å². The Kier molecular flexibility index (Phi) is 5.70. The third-order valence-corrected chi connectivity index (χ3v) is 4.08. The van der Waals surface area contributed by atoms with E-state index in [1.54, 1.807) is 0 Å². The van der Waals surface area contributed by atoms with Crippen LogP contribution >= 0.6 is 0 Å². The van der Waals surface area contributed by atoms with E-state index >= 15 is 0 Å². The normalized spacial score (nSPS) is 13.6. The maximum atomic E-state index is 2.36. The van der Waals surface area contributed by atoms with E-state index in [2.05, 4.69) is 58.3 Å². The first-order valence-electron chi connectivity index (χ1n) is 6.93. The van der Waals surface area contributed by atoms with Crippen molar-refractivity contribution in [1.82, 2.24) is 0 Å². The molecule has 1 rings (SSSR count). The Hall–Kier alpha value is -0.820. The van der Waals surface area contributed by atoms with E-state index in [1.165, 1.54) is 37.8 Å². The highest BCUT2D eigenvalue weighted by molar-refractivity contribution is 5.14. The molecule has 0 aliphatic rings. The number of hydrogen-bond donors (Lipinski definition) is 0. The van der Waals surface area contributed by atoms with Gasteiger partial charge in [-0.2, -0.15) is 0 Å². The quantitative estimate of drug-likeness (QED) is 0.496. The molecule has 1 heteroatoms. The van der Waals surface area contributed by atoms with Gasteiger partial charge in [0.15, 0.2) is 0 Å². The van der Waals surface area contributed by atoms with Gasteiger partial charge in [-0.15, -0.1) is 0 Å². The van der Waals surface area contributed by atoms with Crippen LogP contribution in [-0.2, 0) is 6.42 Å². The lowest BCUT2D eigenvalue weighted by molar-refractivity contribution is -0.913. The van der Waals surface area contributed by atoms with Crippen molar-refractivity contribution in [2.24, 2.45) is 0 Å². The van der Waals surface area contributed by atoms with Gasteiger partial charge in [0.1, 0.15) is 0 Å². The number of aryl methyl sites for hydroxylation is 1. The number of unbranched alkanes of at least 4 members (excludes halogenated alkanes) is 1. The van der Waals surface area contributed by atoms with Crippen LogP contribution in [0.25, 0.3) is 0 Å². The average Bonchev–Trinajstić information content (AvgIpc) is 2.35. The third kappa shape index (κ3) is 4.91. The van der Waals surface area contributed by atoms with Gasteiger partial charge in [-0.1, -0.05) is 37.3 Å². The van der Waals surface area contributed by atoms with Crippen LogP contribution in [0.15, 0.2) is 30.3 Å². The summed E-state index contributed by atoms with van der Waals surface area (Å²) in [5, 5.41) is 0. The number of rotatable bonds is 7. The molecule has 1 unspecified atom stereocenters. The first-order chi connectivity index (χ1) is 8.06. The largest absolute Gasteiger partial charge is 0.326 e. The monoisotopic (exact) mass is 234 g/mol. The van der Waals surface area contributed by atoms with Crippen molar-refractivity contribution in [3.8, 4) is 0 Å². The molecule has 0 heterocycles. The lowest BCUT2D eigenvalue weighted by Crippen LogP contribution is -2.47. The van der Waals surface area contributed by atoms with Gasteiger partial charge < -0.3 is 4.48 Å². The second-order valence-corrected chi connectivity index (χ2v) is 5.70. The standard InChI is InChI=1S/C16H28N/c1-5-15(2)17(3,4)14-10-9-13-16-11-7-6-8-12-16/h6-8,11-12,15H,5,9-10,13-14H2,1-4H3/q+1. The molecule has 0 spiro atoms. The number of quaternary nitrogens is 1. The van der Waals surface area contributed by atoms with Crippen molar-refractivity contribution >= 4 is 0 Å². The highest BCUT2D eigenvalue weighted by atomic mass is 15.3. The van der Waals surface area contributed by atoms with Crippen molar-refractivity contribution in [3.63, 3.8) is 0 Å². The minimum Gasteiger partial charge on any atom is -0.326 e. The van der Waals surface area contributed by atoms with E-state index in [-0.39, 0.29) is 0 Å². The minimum absolute atomic E-state index is 0.770. The fraction of sp³-hybridized carbons (Fsp3) is 0.625. The molecular formula is C16H28N+. The molecule has 1 aromatic rings. The van der Waals surface area contributed by atoms with Crippen LogP contribution < -0.4 is 0 Å². The summed E-state index contributed by atoms with van der Waals surface area (Å²) >= 11 is 0. The molecule has 0 aliphatic carbocycles.